The zero-order valence-electron chi connectivity index (χ0n) is 15.9. The molecule has 0 aromatic heterocycles. The predicted molar refractivity (Wildman–Crippen MR) is 111 cm³/mol. The van der Waals surface area contributed by atoms with Crippen LogP contribution < -0.4 is 10.3 Å². The average Bonchev–Trinajstić information content (AvgIpc) is 2.60. The minimum Gasteiger partial charge on any atom is -0.369 e. The van der Waals surface area contributed by atoms with Crippen molar-refractivity contribution >= 4 is 33.7 Å². The largest absolute Gasteiger partial charge is 0.369 e. The summed E-state index contributed by atoms with van der Waals surface area (Å²) in [7, 11) is 2.00. The molecule has 0 fully saturated rings. The highest BCUT2D eigenvalue weighted by Gasteiger charge is 2.34. The fourth-order valence-electron chi connectivity index (χ4n) is 3.57. The van der Waals surface area contributed by atoms with Crippen molar-refractivity contribution in [1.82, 2.24) is 5.43 Å². The van der Waals surface area contributed by atoms with E-state index in [2.05, 4.69) is 52.1 Å². The summed E-state index contributed by atoms with van der Waals surface area (Å²) < 4.78 is 15.3. The number of carbonyl (C=O) groups excluding carboxylic acids is 1. The van der Waals surface area contributed by atoms with Gasteiger partial charge in [-0.1, -0.05) is 19.1 Å². The molecule has 3 rings (SSSR count). The Bertz CT molecular complexity index is 910. The summed E-state index contributed by atoms with van der Waals surface area (Å²) >= 11 is 3.33. The lowest BCUT2D eigenvalue weighted by Crippen LogP contribution is -2.45. The lowest BCUT2D eigenvalue weighted by atomic mass is 9.80. The van der Waals surface area contributed by atoms with E-state index in [-0.39, 0.29) is 17.3 Å². The molecule has 0 saturated heterocycles. The highest BCUT2D eigenvalue weighted by molar-refractivity contribution is 9.10. The first kappa shape index (κ1) is 19.5. The topological polar surface area (TPSA) is 44.7 Å². The Morgan fingerprint density at radius 3 is 2.78 bits per heavy atom. The Morgan fingerprint density at radius 2 is 2.07 bits per heavy atom. The van der Waals surface area contributed by atoms with Crippen LogP contribution >= 0.6 is 15.9 Å². The van der Waals surface area contributed by atoms with Crippen LogP contribution in [-0.4, -0.2) is 24.7 Å². The molecule has 27 heavy (non-hydrogen) atoms. The standard InChI is InChI=1S/C21H23BrFN3O/c1-13-11-21(2,3)26(4)19-10-18(23)14(9-16(13)19)12-24-25-20(27)15-7-5-6-8-17(15)22/h5-10,12-13H,11H2,1-4H3,(H,25,27)/b24-12-. The van der Waals surface area contributed by atoms with Crippen molar-refractivity contribution in [3.8, 4) is 0 Å². The van der Waals surface area contributed by atoms with Gasteiger partial charge in [-0.25, -0.2) is 9.82 Å². The molecule has 1 N–H and O–H groups in total. The molecule has 2 aromatic carbocycles. The van der Waals surface area contributed by atoms with Gasteiger partial charge >= 0.3 is 0 Å². The quantitative estimate of drug-likeness (QED) is 0.544. The number of fused-ring (bicyclic) bond motifs is 1. The van der Waals surface area contributed by atoms with E-state index in [1.165, 1.54) is 6.21 Å². The van der Waals surface area contributed by atoms with Crippen LogP contribution in [0.25, 0.3) is 0 Å². The third kappa shape index (κ3) is 3.90. The van der Waals surface area contributed by atoms with Gasteiger partial charge in [0, 0.05) is 28.3 Å². The molecule has 1 unspecified atom stereocenters. The minimum atomic E-state index is -0.357. The van der Waals surface area contributed by atoms with Gasteiger partial charge in [0.1, 0.15) is 5.82 Å². The van der Waals surface area contributed by atoms with Crippen LogP contribution in [-0.2, 0) is 0 Å². The van der Waals surface area contributed by atoms with Crippen molar-refractivity contribution in [2.75, 3.05) is 11.9 Å². The molecule has 1 amide bonds. The summed E-state index contributed by atoms with van der Waals surface area (Å²) in [5.41, 5.74) is 5.26. The van der Waals surface area contributed by atoms with Crippen LogP contribution in [0.3, 0.4) is 0 Å². The van der Waals surface area contributed by atoms with Crippen molar-refractivity contribution in [2.24, 2.45) is 5.10 Å². The molecule has 0 radical (unpaired) electrons. The summed E-state index contributed by atoms with van der Waals surface area (Å²) in [5.74, 6) is -0.398. The normalized spacial score (nSPS) is 18.4. The van der Waals surface area contributed by atoms with Gasteiger partial charge in [-0.2, -0.15) is 5.10 Å². The van der Waals surface area contributed by atoms with E-state index in [1.54, 1.807) is 24.3 Å². The van der Waals surface area contributed by atoms with E-state index in [0.717, 1.165) is 17.7 Å². The smallest absolute Gasteiger partial charge is 0.272 e. The van der Waals surface area contributed by atoms with Crippen molar-refractivity contribution in [1.29, 1.82) is 0 Å². The molecular weight excluding hydrogens is 409 g/mol. The van der Waals surface area contributed by atoms with E-state index >= 15 is 0 Å². The number of hydrogen-bond acceptors (Lipinski definition) is 3. The first-order valence-electron chi connectivity index (χ1n) is 8.86. The summed E-state index contributed by atoms with van der Waals surface area (Å²) in [4.78, 5) is 14.3. The van der Waals surface area contributed by atoms with E-state index in [4.69, 9.17) is 0 Å². The minimum absolute atomic E-state index is 0.0223. The van der Waals surface area contributed by atoms with Crippen LogP contribution in [0.5, 0.6) is 0 Å². The Balaban J connectivity index is 1.82. The van der Waals surface area contributed by atoms with Crippen molar-refractivity contribution < 1.29 is 9.18 Å². The first-order valence-corrected chi connectivity index (χ1v) is 9.65. The van der Waals surface area contributed by atoms with Crippen molar-refractivity contribution in [3.63, 3.8) is 0 Å². The molecule has 1 aliphatic heterocycles. The van der Waals surface area contributed by atoms with Gasteiger partial charge in [-0.3, -0.25) is 4.79 Å². The number of nitrogens with zero attached hydrogens (tertiary/aromatic N) is 2. The second kappa shape index (κ2) is 7.43. The fourth-order valence-corrected chi connectivity index (χ4v) is 4.03. The number of rotatable bonds is 3. The van der Waals surface area contributed by atoms with Gasteiger partial charge in [0.15, 0.2) is 0 Å². The zero-order chi connectivity index (χ0) is 19.8. The number of hydrogen-bond donors (Lipinski definition) is 1. The lowest BCUT2D eigenvalue weighted by molar-refractivity contribution is 0.0954. The number of halogens is 2. The molecule has 0 saturated carbocycles. The molecule has 6 heteroatoms. The molecule has 1 heterocycles. The van der Waals surface area contributed by atoms with Gasteiger partial charge in [0.05, 0.1) is 11.8 Å². The maximum absolute atomic E-state index is 14.6. The van der Waals surface area contributed by atoms with E-state index < -0.39 is 0 Å². The van der Waals surface area contributed by atoms with Crippen LogP contribution in [0.4, 0.5) is 10.1 Å². The maximum atomic E-state index is 14.6. The number of amides is 1. The number of nitrogens with one attached hydrogen (secondary N) is 1. The molecule has 2 aromatic rings. The predicted octanol–water partition coefficient (Wildman–Crippen LogP) is 5.07. The molecule has 0 spiro atoms. The van der Waals surface area contributed by atoms with Gasteiger partial charge in [0.25, 0.3) is 5.91 Å². The molecule has 1 aliphatic rings. The highest BCUT2D eigenvalue weighted by Crippen LogP contribution is 2.43. The molecule has 4 nitrogen and oxygen atoms in total. The summed E-state index contributed by atoms with van der Waals surface area (Å²) in [6.45, 7) is 6.48. The third-order valence-corrected chi connectivity index (χ3v) is 5.93. The SMILES string of the molecule is CC1CC(C)(C)N(C)c2cc(F)c(/C=N\NC(=O)c3ccccc3Br)cc21. The Labute approximate surface area is 167 Å². The molecule has 1 atom stereocenters. The lowest BCUT2D eigenvalue weighted by Gasteiger charge is -2.45. The van der Waals surface area contributed by atoms with Crippen LogP contribution in [0.2, 0.25) is 0 Å². The second-order valence-corrected chi connectivity index (χ2v) is 8.44. The molecular formula is C21H23BrFN3O. The van der Waals surface area contributed by atoms with E-state index in [1.807, 2.05) is 19.2 Å². The van der Waals surface area contributed by atoms with Crippen LogP contribution in [0, 0.1) is 5.82 Å². The molecule has 0 aliphatic carbocycles. The van der Waals surface area contributed by atoms with Crippen molar-refractivity contribution in [2.45, 2.75) is 38.6 Å². The maximum Gasteiger partial charge on any atom is 0.272 e. The van der Waals surface area contributed by atoms with Crippen LogP contribution in [0.15, 0.2) is 46.0 Å². The van der Waals surface area contributed by atoms with Gasteiger partial charge < -0.3 is 4.90 Å². The number of benzene rings is 2. The van der Waals surface area contributed by atoms with E-state index in [0.29, 0.717) is 21.5 Å². The van der Waals surface area contributed by atoms with Gasteiger partial charge in [-0.05, 0) is 71.9 Å². The summed E-state index contributed by atoms with van der Waals surface area (Å²) in [6.07, 6.45) is 2.34. The first-order chi connectivity index (χ1) is 12.7. The summed E-state index contributed by atoms with van der Waals surface area (Å²) in [5, 5.41) is 3.94. The molecule has 142 valence electrons. The average molecular weight is 432 g/mol. The summed E-state index contributed by atoms with van der Waals surface area (Å²) in [6, 6.07) is 10.5. The second-order valence-electron chi connectivity index (χ2n) is 7.59. The Hall–Kier alpha value is -2.21. The van der Waals surface area contributed by atoms with Crippen molar-refractivity contribution in [3.05, 3.63) is 63.4 Å². The highest BCUT2D eigenvalue weighted by atomic mass is 79.9. The van der Waals surface area contributed by atoms with Gasteiger partial charge in [0.2, 0.25) is 0 Å². The number of anilines is 1. The Morgan fingerprint density at radius 1 is 1.37 bits per heavy atom. The Kier molecular flexibility index (Phi) is 5.38. The third-order valence-electron chi connectivity index (χ3n) is 5.24. The fraction of sp³-hybridized carbons (Fsp3) is 0.333. The van der Waals surface area contributed by atoms with E-state index in [9.17, 15) is 9.18 Å². The van der Waals surface area contributed by atoms with Gasteiger partial charge in [-0.15, -0.1) is 0 Å². The monoisotopic (exact) mass is 431 g/mol. The molecule has 0 bridgehead atoms. The number of hydrazone groups is 1. The zero-order valence-corrected chi connectivity index (χ0v) is 17.5. The van der Waals surface area contributed by atoms with Crippen LogP contribution in [0.1, 0.15) is 54.6 Å². The number of carbonyl (C=O) groups is 1.